The lowest BCUT2D eigenvalue weighted by molar-refractivity contribution is -0.683. The number of halogens is 2. The Hall–Kier alpha value is -2.25. The SMILES string of the molecule is CCCCCCCCCCCCCCOc1c(F)cccc1NC(=O)c1ccccc1C[n+]1csc(C)c1.[Br-]. The van der Waals surface area contributed by atoms with Crippen LogP contribution in [0, 0.1) is 12.7 Å². The van der Waals surface area contributed by atoms with Gasteiger partial charge in [-0.15, -0.1) is 0 Å². The van der Waals surface area contributed by atoms with Gasteiger partial charge in [-0.1, -0.05) is 113 Å². The van der Waals surface area contributed by atoms with E-state index in [9.17, 15) is 9.18 Å². The molecule has 2 aromatic carbocycles. The first-order valence-electron chi connectivity index (χ1n) is 14.3. The predicted octanol–water partition coefficient (Wildman–Crippen LogP) is 5.87. The van der Waals surface area contributed by atoms with Crippen molar-refractivity contribution in [3.63, 3.8) is 0 Å². The Morgan fingerprint density at radius 1 is 0.897 bits per heavy atom. The number of benzene rings is 2. The number of anilines is 1. The summed E-state index contributed by atoms with van der Waals surface area (Å²) in [6.07, 6.45) is 17.2. The fourth-order valence-corrected chi connectivity index (χ4v) is 5.30. The molecule has 0 radical (unpaired) electrons. The topological polar surface area (TPSA) is 42.2 Å². The molecule has 1 amide bonds. The maximum Gasteiger partial charge on any atom is 0.256 e. The summed E-state index contributed by atoms with van der Waals surface area (Å²) < 4.78 is 22.5. The zero-order chi connectivity index (χ0) is 27.0. The van der Waals surface area contributed by atoms with Crippen LogP contribution in [0.3, 0.4) is 0 Å². The fourth-order valence-electron chi connectivity index (χ4n) is 4.67. The van der Waals surface area contributed by atoms with Crippen LogP contribution in [0.1, 0.15) is 105 Å². The maximum absolute atomic E-state index is 14.6. The van der Waals surface area contributed by atoms with Gasteiger partial charge in [0.1, 0.15) is 0 Å². The van der Waals surface area contributed by atoms with Crippen molar-refractivity contribution < 1.29 is 35.5 Å². The molecule has 0 aliphatic carbocycles. The summed E-state index contributed by atoms with van der Waals surface area (Å²) in [4.78, 5) is 14.4. The Morgan fingerprint density at radius 3 is 2.18 bits per heavy atom. The molecule has 1 heterocycles. The second kappa shape index (κ2) is 18.9. The van der Waals surface area contributed by atoms with Crippen LogP contribution in [-0.2, 0) is 6.54 Å². The van der Waals surface area contributed by atoms with E-state index in [0.29, 0.717) is 24.4 Å². The summed E-state index contributed by atoms with van der Waals surface area (Å²) in [6, 6.07) is 12.2. The molecule has 7 heteroatoms. The third-order valence-corrected chi connectivity index (χ3v) is 7.65. The van der Waals surface area contributed by atoms with E-state index >= 15 is 0 Å². The first-order valence-corrected chi connectivity index (χ1v) is 15.2. The molecule has 0 aliphatic rings. The number of aryl methyl sites for hydroxylation is 1. The molecule has 0 saturated heterocycles. The van der Waals surface area contributed by atoms with E-state index in [4.69, 9.17) is 4.74 Å². The van der Waals surface area contributed by atoms with E-state index in [2.05, 4.69) is 29.9 Å². The van der Waals surface area contributed by atoms with E-state index in [1.807, 2.05) is 23.7 Å². The number of rotatable bonds is 18. The molecule has 0 spiro atoms. The minimum atomic E-state index is -0.459. The molecule has 1 aromatic heterocycles. The number of nitrogens with zero attached hydrogens (tertiary/aromatic N) is 1. The van der Waals surface area contributed by atoms with E-state index in [0.717, 1.165) is 18.4 Å². The number of hydrogen-bond donors (Lipinski definition) is 1. The number of thiazole rings is 1. The second-order valence-electron chi connectivity index (χ2n) is 10.1. The van der Waals surface area contributed by atoms with Gasteiger partial charge in [0.05, 0.1) is 17.2 Å². The minimum Gasteiger partial charge on any atom is -1.00 e. The van der Waals surface area contributed by atoms with Gasteiger partial charge in [0.15, 0.2) is 24.3 Å². The molecule has 214 valence electrons. The highest BCUT2D eigenvalue weighted by molar-refractivity contribution is 7.09. The highest BCUT2D eigenvalue weighted by Crippen LogP contribution is 2.29. The molecule has 4 nitrogen and oxygen atoms in total. The first-order chi connectivity index (χ1) is 18.6. The molecule has 1 N–H and O–H groups in total. The van der Waals surface area contributed by atoms with Crippen molar-refractivity contribution in [2.75, 3.05) is 11.9 Å². The van der Waals surface area contributed by atoms with Crippen molar-refractivity contribution in [1.82, 2.24) is 0 Å². The van der Waals surface area contributed by atoms with Gasteiger partial charge < -0.3 is 27.0 Å². The Kier molecular flexibility index (Phi) is 16.0. The predicted molar refractivity (Wildman–Crippen MR) is 156 cm³/mol. The molecule has 0 bridgehead atoms. The van der Waals surface area contributed by atoms with E-state index in [1.54, 1.807) is 29.5 Å². The van der Waals surface area contributed by atoms with Crippen LogP contribution in [0.15, 0.2) is 54.2 Å². The first kappa shape index (κ1) is 33.0. The summed E-state index contributed by atoms with van der Waals surface area (Å²) in [6.45, 7) is 5.35. The van der Waals surface area contributed by atoms with Crippen LogP contribution in [0.4, 0.5) is 10.1 Å². The average Bonchev–Trinajstić information content (AvgIpc) is 3.32. The lowest BCUT2D eigenvalue weighted by Crippen LogP contribution is -3.00. The Balaban J connectivity index is 0.00000533. The van der Waals surface area contributed by atoms with Crippen LogP contribution in [0.5, 0.6) is 5.75 Å². The third-order valence-electron chi connectivity index (χ3n) is 6.80. The maximum atomic E-state index is 14.6. The molecule has 0 fully saturated rings. The van der Waals surface area contributed by atoms with Gasteiger partial charge in [-0.3, -0.25) is 4.79 Å². The van der Waals surface area contributed by atoms with Crippen molar-refractivity contribution in [1.29, 1.82) is 0 Å². The quantitative estimate of drug-likeness (QED) is 0.143. The lowest BCUT2D eigenvalue weighted by atomic mass is 10.1. The summed E-state index contributed by atoms with van der Waals surface area (Å²) in [5.74, 6) is -0.613. The lowest BCUT2D eigenvalue weighted by Gasteiger charge is -2.14. The fraction of sp³-hybridized carbons (Fsp3) is 0.500. The molecule has 0 saturated carbocycles. The van der Waals surface area contributed by atoms with Crippen molar-refractivity contribution in [3.05, 3.63) is 76.0 Å². The minimum absolute atomic E-state index is 0. The number of carbonyl (C=O) groups excluding carboxylic acids is 1. The molecule has 0 unspecified atom stereocenters. The van der Waals surface area contributed by atoms with E-state index in [1.165, 1.54) is 75.2 Å². The summed E-state index contributed by atoms with van der Waals surface area (Å²) in [5, 5.41) is 2.89. The molecular weight excluding hydrogens is 575 g/mol. The van der Waals surface area contributed by atoms with Gasteiger partial charge in [-0.05, 0) is 31.5 Å². The third kappa shape index (κ3) is 11.8. The van der Waals surface area contributed by atoms with Crippen LogP contribution in [0.25, 0.3) is 0 Å². The van der Waals surface area contributed by atoms with Crippen molar-refractivity contribution >= 4 is 22.9 Å². The van der Waals surface area contributed by atoms with Gasteiger partial charge in [0.2, 0.25) is 5.51 Å². The van der Waals surface area contributed by atoms with Crippen LogP contribution in [0.2, 0.25) is 0 Å². The molecule has 3 aromatic rings. The summed E-state index contributed by atoms with van der Waals surface area (Å²) >= 11 is 1.67. The highest BCUT2D eigenvalue weighted by Gasteiger charge is 2.18. The Bertz CT molecular complexity index is 1120. The number of para-hydroxylation sites is 1. The monoisotopic (exact) mass is 618 g/mol. The van der Waals surface area contributed by atoms with Gasteiger partial charge in [0.25, 0.3) is 5.91 Å². The van der Waals surface area contributed by atoms with Gasteiger partial charge in [0, 0.05) is 11.1 Å². The van der Waals surface area contributed by atoms with Crippen LogP contribution in [-0.4, -0.2) is 12.5 Å². The van der Waals surface area contributed by atoms with Crippen LogP contribution >= 0.6 is 11.3 Å². The van der Waals surface area contributed by atoms with Crippen LogP contribution < -0.4 is 31.6 Å². The van der Waals surface area contributed by atoms with Crippen molar-refractivity contribution in [2.45, 2.75) is 97.4 Å². The number of hydrogen-bond acceptors (Lipinski definition) is 3. The highest BCUT2D eigenvalue weighted by atomic mass is 79.9. The van der Waals surface area contributed by atoms with Crippen molar-refractivity contribution in [3.8, 4) is 5.75 Å². The number of carbonyl (C=O) groups is 1. The largest absolute Gasteiger partial charge is 1.00 e. The smallest absolute Gasteiger partial charge is 0.256 e. The number of amides is 1. The summed E-state index contributed by atoms with van der Waals surface area (Å²) in [5.41, 5.74) is 3.88. The standard InChI is InChI=1S/C32H43FN2O2S.BrH/c1-3-4-5-6-7-8-9-10-11-12-13-16-22-37-31-29(33)20-17-21-30(31)34-32(36)28-19-15-14-18-27(28)24-35-23-26(2)38-25-35;/h14-15,17-21,23,25H,3-13,16,22,24H2,1-2H3;1H. The van der Waals surface area contributed by atoms with Crippen molar-refractivity contribution in [2.24, 2.45) is 0 Å². The number of nitrogens with one attached hydrogen (secondary N) is 1. The molecule has 0 aliphatic heterocycles. The van der Waals surface area contributed by atoms with Gasteiger partial charge >= 0.3 is 0 Å². The van der Waals surface area contributed by atoms with E-state index < -0.39 is 5.82 Å². The molecule has 0 atom stereocenters. The number of unbranched alkanes of at least 4 members (excludes halogenated alkanes) is 11. The summed E-state index contributed by atoms with van der Waals surface area (Å²) in [7, 11) is 0. The Morgan fingerprint density at radius 2 is 1.54 bits per heavy atom. The second-order valence-corrected chi connectivity index (χ2v) is 11.2. The average molecular weight is 620 g/mol. The van der Waals surface area contributed by atoms with E-state index in [-0.39, 0.29) is 28.6 Å². The Labute approximate surface area is 248 Å². The number of ether oxygens (including phenoxy) is 1. The van der Waals surface area contributed by atoms with Gasteiger partial charge in [-0.25, -0.2) is 4.39 Å². The molecule has 3 rings (SSSR count). The number of aromatic nitrogens is 1. The zero-order valence-corrected chi connectivity index (χ0v) is 25.9. The normalized spacial score (nSPS) is 10.7. The molecular formula is C32H44BrFN2O2S. The molecule has 39 heavy (non-hydrogen) atoms. The zero-order valence-electron chi connectivity index (χ0n) is 23.5. The van der Waals surface area contributed by atoms with Gasteiger partial charge in [-0.2, -0.15) is 4.57 Å².